The minimum atomic E-state index is 0.916. The molecule has 0 aliphatic heterocycles. The Kier molecular flexibility index (Phi) is 5.51. The van der Waals surface area contributed by atoms with Crippen LogP contribution in [0.15, 0.2) is 164 Å². The second kappa shape index (κ2) is 10.0. The zero-order valence-electron chi connectivity index (χ0n) is 25.3. The summed E-state index contributed by atoms with van der Waals surface area (Å²) >= 11 is 0. The van der Waals surface area contributed by atoms with Gasteiger partial charge in [-0.05, 0) is 72.8 Å². The summed E-state index contributed by atoms with van der Waals surface area (Å²) in [7, 11) is 0. The lowest BCUT2D eigenvalue weighted by Crippen LogP contribution is -2.00. The summed E-state index contributed by atoms with van der Waals surface area (Å²) in [5.74, 6) is 0.916. The van der Waals surface area contributed by atoms with Gasteiger partial charge < -0.3 is 9.13 Å². The summed E-state index contributed by atoms with van der Waals surface area (Å²) in [6.07, 6.45) is 3.87. The Morgan fingerprint density at radius 2 is 0.936 bits per heavy atom. The van der Waals surface area contributed by atoms with E-state index in [1.807, 2.05) is 24.5 Å². The third kappa shape index (κ3) is 3.77. The third-order valence-electron chi connectivity index (χ3n) is 9.34. The van der Waals surface area contributed by atoms with Crippen molar-refractivity contribution in [3.05, 3.63) is 164 Å². The van der Waals surface area contributed by atoms with Crippen LogP contribution in [-0.2, 0) is 0 Å². The number of rotatable bonds is 4. The quantitative estimate of drug-likeness (QED) is 0.201. The molecule has 5 nitrogen and oxygen atoms in total. The average Bonchev–Trinajstić information content (AvgIpc) is 3.81. The number of imidazole rings is 1. The Hall–Kier alpha value is -6.46. The van der Waals surface area contributed by atoms with Gasteiger partial charge in [-0.2, -0.15) is 0 Å². The minimum absolute atomic E-state index is 0.916. The van der Waals surface area contributed by atoms with E-state index in [0.717, 1.165) is 50.5 Å². The van der Waals surface area contributed by atoms with Gasteiger partial charge in [0.2, 0.25) is 0 Å². The average molecular weight is 602 g/mol. The van der Waals surface area contributed by atoms with E-state index in [1.54, 1.807) is 0 Å². The lowest BCUT2D eigenvalue weighted by atomic mass is 10.1. The van der Waals surface area contributed by atoms with E-state index >= 15 is 0 Å². The number of fused-ring (bicyclic) bond motifs is 8. The lowest BCUT2D eigenvalue weighted by Gasteiger charge is -2.13. The summed E-state index contributed by atoms with van der Waals surface area (Å²) in [5, 5.41) is 4.84. The molecule has 47 heavy (non-hydrogen) atoms. The van der Waals surface area contributed by atoms with Crippen LogP contribution in [0.3, 0.4) is 0 Å². The van der Waals surface area contributed by atoms with Crippen molar-refractivity contribution in [2.45, 2.75) is 0 Å². The molecule has 6 aromatic carbocycles. The fraction of sp³-hybridized carbons (Fsp3) is 0. The van der Waals surface area contributed by atoms with Crippen molar-refractivity contribution >= 4 is 54.6 Å². The van der Waals surface area contributed by atoms with Gasteiger partial charge in [-0.1, -0.05) is 78.9 Å². The number of nitrogens with zero attached hydrogens (tertiary/aromatic N) is 5. The monoisotopic (exact) mass is 601 g/mol. The molecule has 0 amide bonds. The van der Waals surface area contributed by atoms with Crippen molar-refractivity contribution in [2.75, 3.05) is 0 Å². The first-order valence-electron chi connectivity index (χ1n) is 15.8. The highest BCUT2D eigenvalue weighted by atomic mass is 15.1. The van der Waals surface area contributed by atoms with E-state index in [4.69, 9.17) is 4.98 Å². The maximum absolute atomic E-state index is 5.10. The lowest BCUT2D eigenvalue weighted by molar-refractivity contribution is 1.10. The Balaban J connectivity index is 1.26. The van der Waals surface area contributed by atoms with Gasteiger partial charge in [-0.25, -0.2) is 4.98 Å². The number of pyridine rings is 1. The van der Waals surface area contributed by atoms with Gasteiger partial charge in [-0.3, -0.25) is 9.55 Å². The van der Waals surface area contributed by atoms with Gasteiger partial charge in [0, 0.05) is 50.4 Å². The summed E-state index contributed by atoms with van der Waals surface area (Å²) in [6.45, 7) is 0. The molecule has 220 valence electrons. The zero-order chi connectivity index (χ0) is 30.9. The Bertz CT molecular complexity index is 2770. The van der Waals surface area contributed by atoms with Gasteiger partial charge in [0.25, 0.3) is 0 Å². The molecule has 10 rings (SSSR count). The Morgan fingerprint density at radius 1 is 0.383 bits per heavy atom. The van der Waals surface area contributed by atoms with Gasteiger partial charge in [0.1, 0.15) is 5.82 Å². The molecule has 0 atom stereocenters. The van der Waals surface area contributed by atoms with E-state index in [1.165, 1.54) is 32.6 Å². The first kappa shape index (κ1) is 25.8. The van der Waals surface area contributed by atoms with Crippen molar-refractivity contribution in [1.29, 1.82) is 0 Å². The summed E-state index contributed by atoms with van der Waals surface area (Å²) < 4.78 is 7.03. The summed E-state index contributed by atoms with van der Waals surface area (Å²) in [4.78, 5) is 9.70. The van der Waals surface area contributed by atoms with Crippen LogP contribution >= 0.6 is 0 Å². The topological polar surface area (TPSA) is 40.6 Å². The van der Waals surface area contributed by atoms with Crippen LogP contribution in [0.4, 0.5) is 0 Å². The van der Waals surface area contributed by atoms with E-state index in [2.05, 4.69) is 158 Å². The van der Waals surface area contributed by atoms with Crippen LogP contribution in [0.5, 0.6) is 0 Å². The normalized spacial score (nSPS) is 11.8. The molecule has 4 aromatic heterocycles. The Morgan fingerprint density at radius 3 is 1.66 bits per heavy atom. The van der Waals surface area contributed by atoms with Crippen LogP contribution in [0.1, 0.15) is 0 Å². The Labute approximate surface area is 270 Å². The predicted molar refractivity (Wildman–Crippen MR) is 193 cm³/mol. The number of para-hydroxylation sites is 5. The molecule has 0 saturated heterocycles. The minimum Gasteiger partial charge on any atom is -0.307 e. The van der Waals surface area contributed by atoms with Crippen LogP contribution < -0.4 is 0 Å². The molecular weight excluding hydrogens is 574 g/mol. The number of aromatic nitrogens is 5. The zero-order valence-corrected chi connectivity index (χ0v) is 25.3. The van der Waals surface area contributed by atoms with Gasteiger partial charge in [-0.15, -0.1) is 0 Å². The van der Waals surface area contributed by atoms with Crippen LogP contribution in [-0.4, -0.2) is 23.7 Å². The fourth-order valence-corrected chi connectivity index (χ4v) is 7.33. The van der Waals surface area contributed by atoms with Crippen molar-refractivity contribution in [1.82, 2.24) is 23.7 Å². The van der Waals surface area contributed by atoms with Crippen molar-refractivity contribution in [3.63, 3.8) is 0 Å². The molecule has 0 fully saturated rings. The number of hydrogen-bond donors (Lipinski definition) is 0. The standard InChI is InChI=1S/C42H27N5/c1-3-11-29(12-4-1)45-37-17-9-7-15-32(37)34-23-24-35-33-25-26-43-27-39(33)46(41(35)40(34)45)31-21-19-28(20-22-31)42-44-36-16-8-10-18-38(36)47(42)30-13-5-2-6-14-30/h1-27H. The molecule has 0 N–H and O–H groups in total. The maximum Gasteiger partial charge on any atom is 0.145 e. The first-order chi connectivity index (χ1) is 23.3. The summed E-state index contributed by atoms with van der Waals surface area (Å²) in [5.41, 5.74) is 11.0. The highest BCUT2D eigenvalue weighted by Crippen LogP contribution is 2.41. The smallest absolute Gasteiger partial charge is 0.145 e. The van der Waals surface area contributed by atoms with E-state index in [-0.39, 0.29) is 0 Å². The van der Waals surface area contributed by atoms with Crippen molar-refractivity contribution in [2.24, 2.45) is 0 Å². The van der Waals surface area contributed by atoms with Crippen LogP contribution in [0.25, 0.3) is 83.1 Å². The second-order valence-corrected chi connectivity index (χ2v) is 11.9. The van der Waals surface area contributed by atoms with Gasteiger partial charge in [0.15, 0.2) is 0 Å². The molecule has 0 aliphatic rings. The number of hydrogen-bond acceptors (Lipinski definition) is 2. The molecule has 0 aliphatic carbocycles. The first-order valence-corrected chi connectivity index (χ1v) is 15.8. The highest BCUT2D eigenvalue weighted by Gasteiger charge is 2.21. The molecule has 0 spiro atoms. The maximum atomic E-state index is 5.10. The van der Waals surface area contributed by atoms with Crippen LogP contribution in [0.2, 0.25) is 0 Å². The van der Waals surface area contributed by atoms with Crippen molar-refractivity contribution in [3.8, 4) is 28.5 Å². The molecule has 4 heterocycles. The molecule has 0 saturated carbocycles. The SMILES string of the molecule is c1ccc(-n2c(-c3ccc(-n4c5cnccc5c5ccc6c7ccccc7n(-c7ccccc7)c6c54)cc3)nc3ccccc32)cc1. The van der Waals surface area contributed by atoms with E-state index in [0.29, 0.717) is 0 Å². The van der Waals surface area contributed by atoms with Gasteiger partial charge >= 0.3 is 0 Å². The van der Waals surface area contributed by atoms with E-state index < -0.39 is 0 Å². The molecule has 0 bridgehead atoms. The highest BCUT2D eigenvalue weighted by molar-refractivity contribution is 6.23. The van der Waals surface area contributed by atoms with Crippen molar-refractivity contribution < 1.29 is 0 Å². The largest absolute Gasteiger partial charge is 0.307 e. The van der Waals surface area contributed by atoms with E-state index in [9.17, 15) is 0 Å². The fourth-order valence-electron chi connectivity index (χ4n) is 7.33. The molecular formula is C42H27N5. The molecule has 10 aromatic rings. The predicted octanol–water partition coefficient (Wildman–Crippen LogP) is 10.3. The summed E-state index contributed by atoms with van der Waals surface area (Å²) in [6, 6.07) is 53.6. The van der Waals surface area contributed by atoms with Crippen LogP contribution in [0, 0.1) is 0 Å². The number of benzene rings is 6. The van der Waals surface area contributed by atoms with Gasteiger partial charge in [0.05, 0.1) is 39.3 Å². The third-order valence-corrected chi connectivity index (χ3v) is 9.34. The molecule has 0 unspecified atom stereocenters. The molecule has 5 heteroatoms. The molecule has 0 radical (unpaired) electrons. The second-order valence-electron chi connectivity index (χ2n) is 11.9.